The van der Waals surface area contributed by atoms with Crippen molar-refractivity contribution in [3.8, 4) is 0 Å². The van der Waals surface area contributed by atoms with E-state index in [2.05, 4.69) is 0 Å². The van der Waals surface area contributed by atoms with E-state index in [1.807, 2.05) is 4.90 Å². The molecule has 2 aromatic carbocycles. The molecule has 2 aliphatic rings. The van der Waals surface area contributed by atoms with Gasteiger partial charge in [0.1, 0.15) is 11.5 Å². The normalized spacial score (nSPS) is 17.9. The van der Waals surface area contributed by atoms with Crippen LogP contribution in [0.4, 0.5) is 10.1 Å². The number of carbonyl (C=O) groups excluding carboxylic acids is 2. The molecule has 27 heavy (non-hydrogen) atoms. The van der Waals surface area contributed by atoms with Crippen LogP contribution in [0.3, 0.4) is 0 Å². The summed E-state index contributed by atoms with van der Waals surface area (Å²) in [4.78, 5) is 29.7. The lowest BCUT2D eigenvalue weighted by molar-refractivity contribution is -0.120. The molecule has 0 atom stereocenters. The summed E-state index contributed by atoms with van der Waals surface area (Å²) in [6.07, 6.45) is 3.05. The number of amides is 2. The van der Waals surface area contributed by atoms with Gasteiger partial charge < -0.3 is 4.90 Å². The summed E-state index contributed by atoms with van der Waals surface area (Å²) in [6, 6.07) is 12.4. The first kappa shape index (κ1) is 17.7. The van der Waals surface area contributed by atoms with E-state index >= 15 is 0 Å². The Kier molecular flexibility index (Phi) is 4.70. The molecule has 0 saturated carbocycles. The van der Waals surface area contributed by atoms with Gasteiger partial charge in [-0.1, -0.05) is 29.8 Å². The van der Waals surface area contributed by atoms with E-state index in [1.54, 1.807) is 36.4 Å². The zero-order chi connectivity index (χ0) is 19.0. The topological polar surface area (TPSA) is 40.6 Å². The van der Waals surface area contributed by atoms with E-state index in [0.717, 1.165) is 37.3 Å². The number of carbonyl (C=O) groups is 2. The fraction of sp³-hybridized carbons (Fsp3) is 0.238. The maximum atomic E-state index is 13.4. The molecule has 0 unspecified atom stereocenters. The van der Waals surface area contributed by atoms with Crippen molar-refractivity contribution in [3.63, 3.8) is 0 Å². The molecule has 0 N–H and O–H groups in total. The number of nitrogens with zero attached hydrogens (tertiary/aromatic N) is 2. The Morgan fingerprint density at radius 3 is 2.26 bits per heavy atom. The van der Waals surface area contributed by atoms with Crippen molar-refractivity contribution in [1.29, 1.82) is 0 Å². The van der Waals surface area contributed by atoms with Gasteiger partial charge in [-0.05, 0) is 55.2 Å². The number of anilines is 1. The Bertz CT molecular complexity index is 933. The van der Waals surface area contributed by atoms with Crippen LogP contribution in [0.5, 0.6) is 0 Å². The van der Waals surface area contributed by atoms with Gasteiger partial charge in [-0.3, -0.25) is 9.59 Å². The molecular formula is C21H18ClFN2O2. The molecule has 2 amide bonds. The highest BCUT2D eigenvalue weighted by atomic mass is 35.5. The minimum atomic E-state index is -0.408. The number of halogens is 2. The number of piperidine rings is 1. The van der Waals surface area contributed by atoms with Gasteiger partial charge in [0.2, 0.25) is 0 Å². The molecule has 1 fully saturated rings. The van der Waals surface area contributed by atoms with Crippen LogP contribution in [0.15, 0.2) is 54.2 Å². The number of hydrogen-bond donors (Lipinski definition) is 0. The van der Waals surface area contributed by atoms with Gasteiger partial charge in [-0.2, -0.15) is 0 Å². The fourth-order valence-corrected chi connectivity index (χ4v) is 3.84. The van der Waals surface area contributed by atoms with Crippen LogP contribution in [0.25, 0.3) is 5.57 Å². The summed E-state index contributed by atoms with van der Waals surface area (Å²) < 4.78 is 13.4. The predicted molar refractivity (Wildman–Crippen MR) is 103 cm³/mol. The lowest BCUT2D eigenvalue weighted by Gasteiger charge is -2.29. The summed E-state index contributed by atoms with van der Waals surface area (Å²) in [5.74, 6) is -1.15. The first-order valence-corrected chi connectivity index (χ1v) is 9.33. The second-order valence-corrected chi connectivity index (χ2v) is 7.14. The minimum Gasteiger partial charge on any atom is -0.366 e. The third-order valence-electron chi connectivity index (χ3n) is 4.93. The van der Waals surface area contributed by atoms with Crippen LogP contribution in [0.1, 0.15) is 24.8 Å². The van der Waals surface area contributed by atoms with E-state index in [9.17, 15) is 14.0 Å². The van der Waals surface area contributed by atoms with E-state index in [4.69, 9.17) is 11.6 Å². The van der Waals surface area contributed by atoms with Gasteiger partial charge in [0, 0.05) is 18.1 Å². The standard InChI is InChI=1S/C21H18ClFN2O2/c22-15-5-4-6-17(13-15)25-20(26)18(14-7-9-16(23)10-8-14)19(21(25)27)24-11-2-1-3-12-24/h4-10,13H,1-3,11-12H2. The zero-order valence-electron chi connectivity index (χ0n) is 14.6. The van der Waals surface area contributed by atoms with Gasteiger partial charge in [0.05, 0.1) is 11.3 Å². The van der Waals surface area contributed by atoms with Crippen molar-refractivity contribution in [2.24, 2.45) is 0 Å². The van der Waals surface area contributed by atoms with Crippen molar-refractivity contribution in [2.75, 3.05) is 18.0 Å². The van der Waals surface area contributed by atoms with E-state index in [-0.39, 0.29) is 11.7 Å². The SMILES string of the molecule is O=C1C(c2ccc(F)cc2)=C(N2CCCCC2)C(=O)N1c1cccc(Cl)c1. The second-order valence-electron chi connectivity index (χ2n) is 6.70. The average Bonchev–Trinajstić information content (AvgIpc) is 2.93. The van der Waals surface area contributed by atoms with E-state index in [0.29, 0.717) is 27.5 Å². The third kappa shape index (κ3) is 3.23. The molecule has 2 aliphatic heterocycles. The fourth-order valence-electron chi connectivity index (χ4n) is 3.66. The Hall–Kier alpha value is -2.66. The lowest BCUT2D eigenvalue weighted by atomic mass is 10.0. The summed E-state index contributed by atoms with van der Waals surface area (Å²) in [7, 11) is 0. The van der Waals surface area contributed by atoms with Gasteiger partial charge >= 0.3 is 0 Å². The van der Waals surface area contributed by atoms with Gasteiger partial charge in [0.25, 0.3) is 11.8 Å². The molecule has 2 heterocycles. The van der Waals surface area contributed by atoms with Crippen molar-refractivity contribution in [2.45, 2.75) is 19.3 Å². The first-order valence-electron chi connectivity index (χ1n) is 8.96. The zero-order valence-corrected chi connectivity index (χ0v) is 15.4. The molecule has 0 aromatic heterocycles. The van der Waals surface area contributed by atoms with Gasteiger partial charge in [0.15, 0.2) is 0 Å². The average molecular weight is 385 g/mol. The number of imide groups is 1. The Balaban J connectivity index is 1.83. The lowest BCUT2D eigenvalue weighted by Crippen LogP contribution is -2.37. The van der Waals surface area contributed by atoms with Gasteiger partial charge in [-0.15, -0.1) is 0 Å². The Morgan fingerprint density at radius 2 is 1.59 bits per heavy atom. The predicted octanol–water partition coefficient (Wildman–Crippen LogP) is 4.25. The number of likely N-dealkylation sites (tertiary alicyclic amines) is 1. The van der Waals surface area contributed by atoms with Crippen LogP contribution in [-0.4, -0.2) is 29.8 Å². The van der Waals surface area contributed by atoms with Crippen LogP contribution in [-0.2, 0) is 9.59 Å². The molecule has 0 aliphatic carbocycles. The maximum absolute atomic E-state index is 13.4. The Labute approximate surface area is 161 Å². The van der Waals surface area contributed by atoms with E-state index < -0.39 is 5.91 Å². The first-order chi connectivity index (χ1) is 13.1. The largest absolute Gasteiger partial charge is 0.366 e. The third-order valence-corrected chi connectivity index (χ3v) is 5.17. The summed E-state index contributed by atoms with van der Waals surface area (Å²) >= 11 is 6.06. The molecule has 2 aromatic rings. The summed E-state index contributed by atoms with van der Waals surface area (Å²) in [6.45, 7) is 1.45. The minimum absolute atomic E-state index is 0.321. The molecule has 4 nitrogen and oxygen atoms in total. The monoisotopic (exact) mass is 384 g/mol. The summed E-state index contributed by atoms with van der Waals surface area (Å²) in [5.41, 5.74) is 1.69. The smallest absolute Gasteiger partial charge is 0.282 e. The van der Waals surface area contributed by atoms with Crippen molar-refractivity contribution in [1.82, 2.24) is 4.90 Å². The van der Waals surface area contributed by atoms with Crippen molar-refractivity contribution < 1.29 is 14.0 Å². The molecule has 0 radical (unpaired) electrons. The molecule has 0 spiro atoms. The maximum Gasteiger partial charge on any atom is 0.282 e. The molecule has 4 rings (SSSR count). The van der Waals surface area contributed by atoms with Crippen LogP contribution >= 0.6 is 11.6 Å². The molecule has 0 bridgehead atoms. The second kappa shape index (κ2) is 7.16. The highest BCUT2D eigenvalue weighted by Gasteiger charge is 2.42. The molecule has 6 heteroatoms. The van der Waals surface area contributed by atoms with Crippen LogP contribution < -0.4 is 4.90 Å². The molecular weight excluding hydrogens is 367 g/mol. The van der Waals surface area contributed by atoms with Crippen LogP contribution in [0.2, 0.25) is 5.02 Å². The Morgan fingerprint density at radius 1 is 0.889 bits per heavy atom. The quantitative estimate of drug-likeness (QED) is 0.743. The number of benzene rings is 2. The highest BCUT2D eigenvalue weighted by Crippen LogP contribution is 2.36. The van der Waals surface area contributed by atoms with Crippen LogP contribution in [0, 0.1) is 5.82 Å². The number of rotatable bonds is 3. The highest BCUT2D eigenvalue weighted by molar-refractivity contribution is 6.45. The van der Waals surface area contributed by atoms with Crippen molar-refractivity contribution >= 4 is 34.7 Å². The molecule has 1 saturated heterocycles. The summed E-state index contributed by atoms with van der Waals surface area (Å²) in [5, 5.41) is 0.447. The van der Waals surface area contributed by atoms with Gasteiger partial charge in [-0.25, -0.2) is 9.29 Å². The van der Waals surface area contributed by atoms with Crippen molar-refractivity contribution in [3.05, 3.63) is 70.6 Å². The van der Waals surface area contributed by atoms with E-state index in [1.165, 1.54) is 12.1 Å². The molecule has 138 valence electrons. The number of hydrogen-bond acceptors (Lipinski definition) is 3.